The molecular weight excluding hydrogens is 356 g/mol. The highest BCUT2D eigenvalue weighted by molar-refractivity contribution is 5.97. The summed E-state index contributed by atoms with van der Waals surface area (Å²) in [5.41, 5.74) is 1.07. The lowest BCUT2D eigenvalue weighted by Gasteiger charge is -2.19. The van der Waals surface area contributed by atoms with Crippen molar-refractivity contribution in [2.45, 2.75) is 54.1 Å². The minimum atomic E-state index is -0.543. The van der Waals surface area contributed by atoms with Crippen LogP contribution in [0.15, 0.2) is 30.5 Å². The second-order valence-corrected chi connectivity index (χ2v) is 7.75. The summed E-state index contributed by atoms with van der Waals surface area (Å²) in [6.45, 7) is 9.08. The van der Waals surface area contributed by atoms with Crippen molar-refractivity contribution in [3.8, 4) is 11.5 Å². The first-order valence-corrected chi connectivity index (χ1v) is 9.39. The maximum atomic E-state index is 12.3. The summed E-state index contributed by atoms with van der Waals surface area (Å²) in [5.74, 6) is 0.605. The number of amides is 1. The van der Waals surface area contributed by atoms with Gasteiger partial charge in [0.25, 0.3) is 0 Å². The Morgan fingerprint density at radius 3 is 2.54 bits per heavy atom. The van der Waals surface area contributed by atoms with Gasteiger partial charge < -0.3 is 15.2 Å². The number of carbonyl (C=O) groups is 2. The third-order valence-corrected chi connectivity index (χ3v) is 4.31. The predicted octanol–water partition coefficient (Wildman–Crippen LogP) is 4.51. The van der Waals surface area contributed by atoms with Crippen LogP contribution in [0.4, 0.5) is 5.82 Å². The summed E-state index contributed by atoms with van der Waals surface area (Å²) >= 11 is 0. The fourth-order valence-corrected chi connectivity index (χ4v) is 2.65. The Morgan fingerprint density at radius 1 is 1.21 bits per heavy atom. The van der Waals surface area contributed by atoms with Gasteiger partial charge in [-0.2, -0.15) is 0 Å². The molecule has 2 N–H and O–H groups in total. The SMILES string of the molecule is CCCc1c(OCc2cccnc2NC(=O)C(C)(C)C)ccc(C(C)=O)c1O. The van der Waals surface area contributed by atoms with Crippen LogP contribution in [0.5, 0.6) is 11.5 Å². The van der Waals surface area contributed by atoms with Crippen molar-refractivity contribution < 1.29 is 19.4 Å². The molecular formula is C22H28N2O4. The fraction of sp³-hybridized carbons (Fsp3) is 0.409. The molecule has 150 valence electrons. The molecule has 6 nitrogen and oxygen atoms in total. The van der Waals surface area contributed by atoms with Gasteiger partial charge in [0.1, 0.15) is 23.9 Å². The third-order valence-electron chi connectivity index (χ3n) is 4.31. The van der Waals surface area contributed by atoms with Crippen LogP contribution in [0.3, 0.4) is 0 Å². The zero-order valence-corrected chi connectivity index (χ0v) is 17.1. The topological polar surface area (TPSA) is 88.5 Å². The lowest BCUT2D eigenvalue weighted by Crippen LogP contribution is -2.28. The molecule has 1 amide bonds. The van der Waals surface area contributed by atoms with Gasteiger partial charge >= 0.3 is 0 Å². The van der Waals surface area contributed by atoms with E-state index in [1.165, 1.54) is 6.92 Å². The molecule has 6 heteroatoms. The van der Waals surface area contributed by atoms with Crippen LogP contribution in [0.25, 0.3) is 0 Å². The summed E-state index contributed by atoms with van der Waals surface area (Å²) in [7, 11) is 0. The zero-order valence-electron chi connectivity index (χ0n) is 17.1. The summed E-state index contributed by atoms with van der Waals surface area (Å²) in [4.78, 5) is 28.2. The van der Waals surface area contributed by atoms with Gasteiger partial charge in [-0.15, -0.1) is 0 Å². The smallest absolute Gasteiger partial charge is 0.230 e. The molecule has 1 heterocycles. The average molecular weight is 384 g/mol. The number of benzene rings is 1. The van der Waals surface area contributed by atoms with Crippen molar-refractivity contribution >= 4 is 17.5 Å². The number of phenols is 1. The van der Waals surface area contributed by atoms with E-state index in [1.807, 2.05) is 33.8 Å². The normalized spacial score (nSPS) is 11.2. The van der Waals surface area contributed by atoms with E-state index in [4.69, 9.17) is 4.74 Å². The highest BCUT2D eigenvalue weighted by Crippen LogP contribution is 2.33. The molecule has 0 bridgehead atoms. The van der Waals surface area contributed by atoms with E-state index in [9.17, 15) is 14.7 Å². The highest BCUT2D eigenvalue weighted by Gasteiger charge is 2.23. The lowest BCUT2D eigenvalue weighted by atomic mass is 9.95. The Balaban J connectivity index is 2.26. The minimum Gasteiger partial charge on any atom is -0.507 e. The second-order valence-electron chi connectivity index (χ2n) is 7.75. The number of aromatic nitrogens is 1. The Hall–Kier alpha value is -2.89. The maximum Gasteiger partial charge on any atom is 0.230 e. The van der Waals surface area contributed by atoms with Crippen molar-refractivity contribution in [2.24, 2.45) is 5.41 Å². The summed E-state index contributed by atoms with van der Waals surface area (Å²) in [6.07, 6.45) is 2.99. The number of phenolic OH excluding ortho intramolecular Hbond substituents is 1. The quantitative estimate of drug-likeness (QED) is 0.686. The Morgan fingerprint density at radius 2 is 1.93 bits per heavy atom. The van der Waals surface area contributed by atoms with Gasteiger partial charge in [0.05, 0.1) is 5.56 Å². The molecule has 28 heavy (non-hydrogen) atoms. The van der Waals surface area contributed by atoms with Gasteiger partial charge in [0.15, 0.2) is 5.78 Å². The number of pyridine rings is 1. The van der Waals surface area contributed by atoms with Gasteiger partial charge in [0.2, 0.25) is 5.91 Å². The van der Waals surface area contributed by atoms with Gasteiger partial charge in [-0.25, -0.2) is 4.98 Å². The first-order chi connectivity index (χ1) is 13.1. The molecule has 1 aromatic heterocycles. The lowest BCUT2D eigenvalue weighted by molar-refractivity contribution is -0.123. The standard InChI is InChI=1S/C22H28N2O4/c1-6-8-17-18(11-10-16(14(2)25)19(17)26)28-13-15-9-7-12-23-20(15)24-21(27)22(3,4)5/h7,9-12,26H,6,8,13H2,1-5H3,(H,23,24,27). The number of nitrogens with zero attached hydrogens (tertiary/aromatic N) is 1. The van der Waals surface area contributed by atoms with Crippen LogP contribution in [0.1, 0.15) is 62.5 Å². The van der Waals surface area contributed by atoms with Crippen molar-refractivity contribution in [3.63, 3.8) is 0 Å². The van der Waals surface area contributed by atoms with E-state index in [-0.39, 0.29) is 29.6 Å². The monoisotopic (exact) mass is 384 g/mol. The fourth-order valence-electron chi connectivity index (χ4n) is 2.65. The highest BCUT2D eigenvalue weighted by atomic mass is 16.5. The summed E-state index contributed by atoms with van der Waals surface area (Å²) < 4.78 is 5.94. The van der Waals surface area contributed by atoms with Crippen LogP contribution >= 0.6 is 0 Å². The van der Waals surface area contributed by atoms with Crippen molar-refractivity contribution in [3.05, 3.63) is 47.2 Å². The minimum absolute atomic E-state index is 0.0284. The number of rotatable bonds is 7. The van der Waals surface area contributed by atoms with E-state index in [0.717, 1.165) is 12.0 Å². The molecule has 0 unspecified atom stereocenters. The molecule has 0 atom stereocenters. The van der Waals surface area contributed by atoms with Gasteiger partial charge in [-0.1, -0.05) is 40.2 Å². The summed E-state index contributed by atoms with van der Waals surface area (Å²) in [6, 6.07) is 6.87. The number of hydrogen-bond acceptors (Lipinski definition) is 5. The number of hydrogen-bond donors (Lipinski definition) is 2. The third kappa shape index (κ3) is 5.09. The predicted molar refractivity (Wildman–Crippen MR) is 109 cm³/mol. The average Bonchev–Trinajstić information content (AvgIpc) is 2.62. The molecule has 2 aromatic rings. The first-order valence-electron chi connectivity index (χ1n) is 9.39. The zero-order chi connectivity index (χ0) is 20.9. The molecule has 0 fully saturated rings. The molecule has 0 spiro atoms. The number of ether oxygens (including phenoxy) is 1. The number of carbonyl (C=O) groups excluding carboxylic acids is 2. The molecule has 1 aromatic carbocycles. The van der Waals surface area contributed by atoms with E-state index >= 15 is 0 Å². The van der Waals surface area contributed by atoms with Crippen molar-refractivity contribution in [1.82, 2.24) is 4.98 Å². The van der Waals surface area contributed by atoms with Crippen molar-refractivity contribution in [2.75, 3.05) is 5.32 Å². The van der Waals surface area contributed by atoms with E-state index < -0.39 is 5.41 Å². The van der Waals surface area contributed by atoms with Crippen LogP contribution in [0.2, 0.25) is 0 Å². The van der Waals surface area contributed by atoms with Crippen LogP contribution in [-0.2, 0) is 17.8 Å². The molecule has 0 aliphatic rings. The van der Waals surface area contributed by atoms with Crippen LogP contribution in [-0.4, -0.2) is 21.8 Å². The van der Waals surface area contributed by atoms with E-state index in [0.29, 0.717) is 23.6 Å². The Kier molecular flexibility index (Phi) is 6.78. The number of anilines is 1. The number of aromatic hydroxyl groups is 1. The molecule has 0 aliphatic heterocycles. The van der Waals surface area contributed by atoms with Crippen molar-refractivity contribution in [1.29, 1.82) is 0 Å². The first kappa shape index (κ1) is 21.4. The van der Waals surface area contributed by atoms with Crippen LogP contribution in [0, 0.1) is 5.41 Å². The maximum absolute atomic E-state index is 12.3. The molecule has 0 aliphatic carbocycles. The Labute approximate surface area is 166 Å². The second kappa shape index (κ2) is 8.87. The van der Waals surface area contributed by atoms with Gasteiger partial charge in [0, 0.05) is 22.7 Å². The number of ketones is 1. The Bertz CT molecular complexity index is 869. The molecule has 0 saturated carbocycles. The molecule has 0 saturated heterocycles. The number of Topliss-reactive ketones (excluding diaryl/α,β-unsaturated/α-hetero) is 1. The van der Waals surface area contributed by atoms with Gasteiger partial charge in [-0.05, 0) is 31.5 Å². The van der Waals surface area contributed by atoms with E-state index in [1.54, 1.807) is 24.4 Å². The van der Waals surface area contributed by atoms with Gasteiger partial charge in [-0.3, -0.25) is 9.59 Å². The number of nitrogens with one attached hydrogen (secondary N) is 1. The largest absolute Gasteiger partial charge is 0.507 e. The summed E-state index contributed by atoms with van der Waals surface area (Å²) in [5, 5.41) is 13.3. The van der Waals surface area contributed by atoms with E-state index in [2.05, 4.69) is 10.3 Å². The molecule has 0 radical (unpaired) electrons. The molecule has 2 rings (SSSR count). The van der Waals surface area contributed by atoms with Crippen LogP contribution < -0.4 is 10.1 Å².